The van der Waals surface area contributed by atoms with Gasteiger partial charge >= 0.3 is 5.97 Å². The van der Waals surface area contributed by atoms with E-state index < -0.39 is 16.0 Å². The Kier molecular flexibility index (Phi) is 8.13. The number of carbonyl (C=O) groups is 1. The van der Waals surface area contributed by atoms with Gasteiger partial charge in [-0.1, -0.05) is 45.2 Å². The lowest BCUT2D eigenvalue weighted by Crippen LogP contribution is -2.36. The minimum absolute atomic E-state index is 0.109. The zero-order valence-corrected chi connectivity index (χ0v) is 19.8. The quantitative estimate of drug-likeness (QED) is 0.458. The predicted octanol–water partition coefficient (Wildman–Crippen LogP) is 5.26. The molecule has 1 N–H and O–H groups in total. The highest BCUT2D eigenvalue weighted by molar-refractivity contribution is 7.93. The number of hydrogen-bond donors (Lipinski definition) is 1. The Bertz CT molecular complexity index is 968. The van der Waals surface area contributed by atoms with Crippen LogP contribution in [0.1, 0.15) is 72.0 Å². The number of nitrogens with zero attached hydrogens (tertiary/aromatic N) is 1. The van der Waals surface area contributed by atoms with Crippen molar-refractivity contribution in [2.75, 3.05) is 16.7 Å². The highest BCUT2D eigenvalue weighted by atomic mass is 32.2. The fourth-order valence-corrected chi connectivity index (χ4v) is 6.55. The molecule has 1 aromatic carbocycles. The number of anilines is 1. The molecule has 6 nitrogen and oxygen atoms in total. The summed E-state index contributed by atoms with van der Waals surface area (Å²) >= 11 is 1.18. The first-order valence-electron chi connectivity index (χ1n) is 10.8. The van der Waals surface area contributed by atoms with E-state index in [2.05, 4.69) is 13.8 Å². The molecule has 2 unspecified atom stereocenters. The molecule has 2 atom stereocenters. The Morgan fingerprint density at radius 3 is 2.61 bits per heavy atom. The summed E-state index contributed by atoms with van der Waals surface area (Å²) in [6, 6.07) is 10.9. The first kappa shape index (κ1) is 23.8. The van der Waals surface area contributed by atoms with E-state index in [1.165, 1.54) is 40.5 Å². The lowest BCUT2D eigenvalue weighted by atomic mass is 9.95. The molecule has 2 heterocycles. The van der Waals surface area contributed by atoms with Crippen molar-refractivity contribution in [1.29, 1.82) is 0 Å². The summed E-state index contributed by atoms with van der Waals surface area (Å²) in [5.74, 6) is -0.387. The van der Waals surface area contributed by atoms with E-state index in [-0.39, 0.29) is 29.9 Å². The van der Waals surface area contributed by atoms with Crippen molar-refractivity contribution in [1.82, 2.24) is 0 Å². The van der Waals surface area contributed by atoms with Crippen LogP contribution in [0.5, 0.6) is 0 Å². The molecule has 0 spiro atoms. The van der Waals surface area contributed by atoms with Crippen LogP contribution in [0.2, 0.25) is 0 Å². The van der Waals surface area contributed by atoms with Gasteiger partial charge in [-0.15, -0.1) is 11.3 Å². The van der Waals surface area contributed by atoms with Crippen LogP contribution >= 0.6 is 11.3 Å². The molecule has 1 aliphatic rings. The molecule has 31 heavy (non-hydrogen) atoms. The van der Waals surface area contributed by atoms with Crippen LogP contribution in [0.3, 0.4) is 0 Å². The highest BCUT2D eigenvalue weighted by Gasteiger charge is 2.37. The van der Waals surface area contributed by atoms with Crippen LogP contribution in [-0.4, -0.2) is 37.9 Å². The number of rotatable bonds is 11. The van der Waals surface area contributed by atoms with Crippen LogP contribution in [0.15, 0.2) is 36.4 Å². The number of aromatic carboxylic acids is 1. The lowest BCUT2D eigenvalue weighted by Gasteiger charge is -2.25. The average Bonchev–Trinajstić information content (AvgIpc) is 3.33. The third-order valence-corrected chi connectivity index (χ3v) is 8.63. The van der Waals surface area contributed by atoms with E-state index in [1.54, 1.807) is 12.1 Å². The Hall–Kier alpha value is -1.90. The van der Waals surface area contributed by atoms with Crippen LogP contribution in [0.25, 0.3) is 0 Å². The predicted molar refractivity (Wildman–Crippen MR) is 125 cm³/mol. The normalized spacial score (nSPS) is 18.9. The van der Waals surface area contributed by atoms with Gasteiger partial charge in [-0.2, -0.15) is 0 Å². The maximum absolute atomic E-state index is 12.7. The van der Waals surface area contributed by atoms with Crippen LogP contribution < -0.4 is 4.31 Å². The number of carboxylic acid groups (broad SMARTS) is 1. The summed E-state index contributed by atoms with van der Waals surface area (Å²) in [7, 11) is -3.36. The van der Waals surface area contributed by atoms with E-state index in [4.69, 9.17) is 9.84 Å². The summed E-state index contributed by atoms with van der Waals surface area (Å²) in [6.07, 6.45) is 5.30. The Labute approximate surface area is 188 Å². The van der Waals surface area contributed by atoms with E-state index in [9.17, 15) is 13.2 Å². The Morgan fingerprint density at radius 1 is 1.23 bits per heavy atom. The zero-order chi connectivity index (χ0) is 22.4. The Balaban J connectivity index is 1.62. The highest BCUT2D eigenvalue weighted by Crippen LogP contribution is 2.31. The van der Waals surface area contributed by atoms with Crippen molar-refractivity contribution >= 4 is 33.0 Å². The molecule has 1 aromatic heterocycles. The van der Waals surface area contributed by atoms with Crippen molar-refractivity contribution in [3.8, 4) is 0 Å². The van der Waals surface area contributed by atoms with Gasteiger partial charge in [-0.25, -0.2) is 13.2 Å². The smallest absolute Gasteiger partial charge is 0.345 e. The molecule has 0 saturated carbocycles. The average molecular weight is 466 g/mol. The molecule has 1 fully saturated rings. The molecule has 170 valence electrons. The molecular formula is C23H31NO5S2. The van der Waals surface area contributed by atoms with Gasteiger partial charge in [-0.3, -0.25) is 4.31 Å². The molecule has 3 rings (SSSR count). The van der Waals surface area contributed by atoms with Gasteiger partial charge in [0.1, 0.15) is 4.88 Å². The van der Waals surface area contributed by atoms with Gasteiger partial charge in [0.25, 0.3) is 0 Å². The number of benzene rings is 1. The second-order valence-electron chi connectivity index (χ2n) is 8.13. The number of thiophene rings is 1. The molecule has 0 bridgehead atoms. The monoisotopic (exact) mass is 465 g/mol. The second kappa shape index (κ2) is 10.6. The SMILES string of the molecule is CCCCCC(C)c1ccc(N2C(COCc3ccc(C(=O)O)s3)CCS2(=O)=O)cc1. The molecule has 8 heteroatoms. The molecule has 1 saturated heterocycles. The van der Waals surface area contributed by atoms with Gasteiger partial charge < -0.3 is 9.84 Å². The van der Waals surface area contributed by atoms with E-state index in [1.807, 2.05) is 24.3 Å². The minimum Gasteiger partial charge on any atom is -0.477 e. The molecule has 1 aliphatic heterocycles. The summed E-state index contributed by atoms with van der Waals surface area (Å²) < 4.78 is 32.6. The minimum atomic E-state index is -3.36. The van der Waals surface area contributed by atoms with Crippen LogP contribution in [0.4, 0.5) is 5.69 Å². The number of hydrogen-bond acceptors (Lipinski definition) is 5. The van der Waals surface area contributed by atoms with E-state index >= 15 is 0 Å². The van der Waals surface area contributed by atoms with Gasteiger partial charge in [0.2, 0.25) is 10.0 Å². The van der Waals surface area contributed by atoms with Gasteiger partial charge in [-0.05, 0) is 48.6 Å². The van der Waals surface area contributed by atoms with E-state index in [0.29, 0.717) is 18.0 Å². The van der Waals surface area contributed by atoms with Crippen molar-refractivity contribution in [3.63, 3.8) is 0 Å². The lowest BCUT2D eigenvalue weighted by molar-refractivity contribution is 0.0702. The Morgan fingerprint density at radius 2 is 1.97 bits per heavy atom. The van der Waals surface area contributed by atoms with Crippen LogP contribution in [0, 0.1) is 0 Å². The maximum Gasteiger partial charge on any atom is 0.345 e. The maximum atomic E-state index is 12.7. The van der Waals surface area contributed by atoms with Crippen molar-refractivity contribution in [2.45, 2.75) is 64.5 Å². The summed E-state index contributed by atoms with van der Waals surface area (Å²) in [6.45, 7) is 4.96. The first-order chi connectivity index (χ1) is 14.8. The molecule has 2 aromatic rings. The standard InChI is InChI=1S/C23H31NO5S2/c1-3-4-5-6-17(2)18-7-9-19(10-8-18)24-20(13-14-31(24,27)28)15-29-16-21-11-12-22(30-21)23(25)26/h7-12,17,20H,3-6,13-16H2,1-2H3,(H,25,26). The fourth-order valence-electron chi connectivity index (χ4n) is 3.93. The summed E-state index contributed by atoms with van der Waals surface area (Å²) in [5, 5.41) is 9.02. The number of unbranched alkanes of at least 4 members (excludes halogenated alkanes) is 2. The first-order valence-corrected chi connectivity index (χ1v) is 13.3. The fraction of sp³-hybridized carbons (Fsp3) is 0.522. The summed E-state index contributed by atoms with van der Waals surface area (Å²) in [5.41, 5.74) is 1.91. The number of ether oxygens (including phenoxy) is 1. The van der Waals surface area contributed by atoms with Gasteiger partial charge in [0, 0.05) is 4.88 Å². The van der Waals surface area contributed by atoms with Gasteiger partial charge in [0.15, 0.2) is 0 Å². The molecule has 0 radical (unpaired) electrons. The van der Waals surface area contributed by atoms with E-state index in [0.717, 1.165) is 11.3 Å². The third-order valence-electron chi connectivity index (χ3n) is 5.72. The number of sulfonamides is 1. The van der Waals surface area contributed by atoms with Gasteiger partial charge in [0.05, 0.1) is 30.7 Å². The molecule has 0 amide bonds. The summed E-state index contributed by atoms with van der Waals surface area (Å²) in [4.78, 5) is 12.1. The van der Waals surface area contributed by atoms with Crippen molar-refractivity contribution in [2.24, 2.45) is 0 Å². The second-order valence-corrected chi connectivity index (χ2v) is 11.3. The topological polar surface area (TPSA) is 83.9 Å². The van der Waals surface area contributed by atoms with Crippen LogP contribution in [-0.2, 0) is 21.4 Å². The van der Waals surface area contributed by atoms with Crippen molar-refractivity contribution in [3.05, 3.63) is 51.7 Å². The molecular weight excluding hydrogens is 434 g/mol. The van der Waals surface area contributed by atoms with Crippen molar-refractivity contribution < 1.29 is 23.1 Å². The zero-order valence-electron chi connectivity index (χ0n) is 18.1. The third kappa shape index (κ3) is 6.08. The molecule has 0 aliphatic carbocycles. The number of carboxylic acids is 1. The largest absolute Gasteiger partial charge is 0.477 e.